The first-order chi connectivity index (χ1) is 14.5. The molecule has 0 bridgehead atoms. The zero-order chi connectivity index (χ0) is 21.3. The van der Waals surface area contributed by atoms with Crippen molar-refractivity contribution in [3.05, 3.63) is 88.4 Å². The standard InChI is InChI=1S/C23H17ClN2O4/c1-14-12-15(24)10-11-19(14)30-13-20(27)25-18-9-5-8-17-21(18)23(29)26(22(17)28)16-6-3-2-4-7-16/h2-12H,13H2,1H3,(H,25,27). The fraction of sp³-hybridized carbons (Fsp3) is 0.0870. The Morgan fingerprint density at radius 2 is 1.77 bits per heavy atom. The van der Waals surface area contributed by atoms with Crippen molar-refractivity contribution < 1.29 is 19.1 Å². The van der Waals surface area contributed by atoms with Gasteiger partial charge in [-0.05, 0) is 55.0 Å². The molecule has 0 radical (unpaired) electrons. The van der Waals surface area contributed by atoms with E-state index in [1.165, 1.54) is 0 Å². The highest BCUT2D eigenvalue weighted by Crippen LogP contribution is 2.32. The van der Waals surface area contributed by atoms with E-state index >= 15 is 0 Å². The number of ether oxygens (including phenoxy) is 1. The number of fused-ring (bicyclic) bond motifs is 1. The second-order valence-corrected chi connectivity index (χ2v) is 7.19. The first kappa shape index (κ1) is 19.7. The Balaban J connectivity index is 1.53. The first-order valence-electron chi connectivity index (χ1n) is 9.21. The predicted octanol–water partition coefficient (Wildman–Crippen LogP) is 4.47. The van der Waals surface area contributed by atoms with Gasteiger partial charge in [0, 0.05) is 5.02 Å². The van der Waals surface area contributed by atoms with Crippen molar-refractivity contribution >= 4 is 40.7 Å². The summed E-state index contributed by atoms with van der Waals surface area (Å²) in [5.41, 5.74) is 1.96. The second kappa shape index (κ2) is 8.00. The second-order valence-electron chi connectivity index (χ2n) is 6.76. The van der Waals surface area contributed by atoms with Crippen LogP contribution in [0.15, 0.2) is 66.7 Å². The van der Waals surface area contributed by atoms with Crippen LogP contribution in [0.3, 0.4) is 0 Å². The lowest BCUT2D eigenvalue weighted by Gasteiger charge is -2.14. The number of carbonyl (C=O) groups is 3. The molecule has 0 saturated heterocycles. The fourth-order valence-electron chi connectivity index (χ4n) is 3.31. The van der Waals surface area contributed by atoms with E-state index in [0.717, 1.165) is 10.5 Å². The monoisotopic (exact) mass is 420 g/mol. The van der Waals surface area contributed by atoms with Gasteiger partial charge in [0.05, 0.1) is 22.5 Å². The Morgan fingerprint density at radius 1 is 1.00 bits per heavy atom. The van der Waals surface area contributed by atoms with Gasteiger partial charge in [0.1, 0.15) is 5.75 Å². The Bertz CT molecular complexity index is 1160. The molecular formula is C23H17ClN2O4. The van der Waals surface area contributed by atoms with Crippen LogP contribution in [-0.2, 0) is 4.79 Å². The Kier molecular flexibility index (Phi) is 5.25. The SMILES string of the molecule is Cc1cc(Cl)ccc1OCC(=O)Nc1cccc2c1C(=O)N(c1ccccc1)C2=O. The smallest absolute Gasteiger partial charge is 0.268 e. The van der Waals surface area contributed by atoms with Crippen molar-refractivity contribution in [1.29, 1.82) is 0 Å². The van der Waals surface area contributed by atoms with E-state index in [4.69, 9.17) is 16.3 Å². The van der Waals surface area contributed by atoms with Gasteiger partial charge in [0.15, 0.2) is 6.61 Å². The zero-order valence-corrected chi connectivity index (χ0v) is 16.8. The summed E-state index contributed by atoms with van der Waals surface area (Å²) in [6.45, 7) is 1.57. The molecule has 1 N–H and O–H groups in total. The summed E-state index contributed by atoms with van der Waals surface area (Å²) in [4.78, 5) is 39.3. The van der Waals surface area contributed by atoms with E-state index in [9.17, 15) is 14.4 Å². The lowest BCUT2D eigenvalue weighted by molar-refractivity contribution is -0.118. The molecule has 1 aliphatic rings. The van der Waals surface area contributed by atoms with Crippen molar-refractivity contribution in [2.75, 3.05) is 16.8 Å². The number of hydrogen-bond acceptors (Lipinski definition) is 4. The minimum Gasteiger partial charge on any atom is -0.483 e. The number of rotatable bonds is 5. The van der Waals surface area contributed by atoms with Crippen LogP contribution in [0.4, 0.5) is 11.4 Å². The Labute approximate surface area is 178 Å². The summed E-state index contributed by atoms with van der Waals surface area (Å²) >= 11 is 5.92. The topological polar surface area (TPSA) is 75.7 Å². The third-order valence-electron chi connectivity index (χ3n) is 4.70. The summed E-state index contributed by atoms with van der Waals surface area (Å²) in [5, 5.41) is 3.26. The van der Waals surface area contributed by atoms with E-state index in [-0.39, 0.29) is 23.4 Å². The molecule has 30 heavy (non-hydrogen) atoms. The van der Waals surface area contributed by atoms with Crippen LogP contribution in [0.2, 0.25) is 5.02 Å². The number of carbonyl (C=O) groups excluding carboxylic acids is 3. The van der Waals surface area contributed by atoms with Crippen molar-refractivity contribution in [3.63, 3.8) is 0 Å². The number of para-hydroxylation sites is 1. The van der Waals surface area contributed by atoms with Crippen LogP contribution in [0.1, 0.15) is 26.3 Å². The number of aryl methyl sites for hydroxylation is 1. The molecule has 0 fully saturated rings. The molecule has 0 saturated carbocycles. The zero-order valence-electron chi connectivity index (χ0n) is 16.0. The van der Waals surface area contributed by atoms with Crippen molar-refractivity contribution in [3.8, 4) is 5.75 Å². The first-order valence-corrected chi connectivity index (χ1v) is 9.59. The van der Waals surface area contributed by atoms with Crippen molar-refractivity contribution in [1.82, 2.24) is 0 Å². The molecule has 0 aromatic heterocycles. The van der Waals surface area contributed by atoms with Gasteiger partial charge < -0.3 is 10.1 Å². The summed E-state index contributed by atoms with van der Waals surface area (Å²) in [7, 11) is 0. The Morgan fingerprint density at radius 3 is 2.50 bits per heavy atom. The van der Waals surface area contributed by atoms with Crippen LogP contribution in [-0.4, -0.2) is 24.3 Å². The molecule has 4 rings (SSSR count). The number of nitrogens with one attached hydrogen (secondary N) is 1. The fourth-order valence-corrected chi connectivity index (χ4v) is 3.53. The van der Waals surface area contributed by atoms with Gasteiger partial charge in [-0.3, -0.25) is 14.4 Å². The van der Waals surface area contributed by atoms with E-state index in [2.05, 4.69) is 5.32 Å². The molecule has 6 nitrogen and oxygen atoms in total. The number of anilines is 2. The van der Waals surface area contributed by atoms with Crippen LogP contribution >= 0.6 is 11.6 Å². The van der Waals surface area contributed by atoms with Crippen LogP contribution in [0.25, 0.3) is 0 Å². The van der Waals surface area contributed by atoms with E-state index in [1.807, 2.05) is 6.92 Å². The van der Waals surface area contributed by atoms with E-state index < -0.39 is 17.7 Å². The summed E-state index contributed by atoms with van der Waals surface area (Å²) in [6.07, 6.45) is 0. The van der Waals surface area contributed by atoms with Gasteiger partial charge in [0.25, 0.3) is 17.7 Å². The normalized spacial score (nSPS) is 12.7. The van der Waals surface area contributed by atoms with Crippen LogP contribution < -0.4 is 15.0 Å². The largest absolute Gasteiger partial charge is 0.483 e. The third kappa shape index (κ3) is 3.65. The number of nitrogens with zero attached hydrogens (tertiary/aromatic N) is 1. The molecule has 150 valence electrons. The highest BCUT2D eigenvalue weighted by molar-refractivity contribution is 6.36. The molecule has 0 spiro atoms. The highest BCUT2D eigenvalue weighted by Gasteiger charge is 2.38. The number of amides is 3. The van der Waals surface area contributed by atoms with Gasteiger partial charge in [-0.1, -0.05) is 35.9 Å². The van der Waals surface area contributed by atoms with Gasteiger partial charge in [-0.25, -0.2) is 4.90 Å². The van der Waals surface area contributed by atoms with E-state index in [0.29, 0.717) is 16.5 Å². The molecule has 1 aliphatic heterocycles. The quantitative estimate of drug-likeness (QED) is 0.618. The average molecular weight is 421 g/mol. The van der Waals surface area contributed by atoms with Crippen molar-refractivity contribution in [2.45, 2.75) is 6.92 Å². The molecule has 0 unspecified atom stereocenters. The predicted molar refractivity (Wildman–Crippen MR) is 114 cm³/mol. The lowest BCUT2D eigenvalue weighted by atomic mass is 10.1. The van der Waals surface area contributed by atoms with E-state index in [1.54, 1.807) is 66.7 Å². The summed E-state index contributed by atoms with van der Waals surface area (Å²) in [5.74, 6) is -0.817. The van der Waals surface area contributed by atoms with Crippen LogP contribution in [0, 0.1) is 6.92 Å². The lowest BCUT2D eigenvalue weighted by Crippen LogP contribution is -2.29. The number of benzene rings is 3. The van der Waals surface area contributed by atoms with Gasteiger partial charge in [-0.2, -0.15) is 0 Å². The maximum atomic E-state index is 13.0. The molecule has 0 atom stereocenters. The van der Waals surface area contributed by atoms with Crippen LogP contribution in [0.5, 0.6) is 5.75 Å². The highest BCUT2D eigenvalue weighted by atomic mass is 35.5. The molecule has 0 aliphatic carbocycles. The molecule has 3 amide bonds. The maximum absolute atomic E-state index is 13.0. The molecule has 1 heterocycles. The number of hydrogen-bond donors (Lipinski definition) is 1. The number of imide groups is 1. The van der Waals surface area contributed by atoms with Crippen molar-refractivity contribution in [2.24, 2.45) is 0 Å². The third-order valence-corrected chi connectivity index (χ3v) is 4.93. The molecule has 3 aromatic carbocycles. The summed E-state index contributed by atoms with van der Waals surface area (Å²) in [6, 6.07) is 18.5. The molecular weight excluding hydrogens is 404 g/mol. The molecule has 3 aromatic rings. The average Bonchev–Trinajstić information content (AvgIpc) is 2.99. The minimum absolute atomic E-state index is 0.169. The summed E-state index contributed by atoms with van der Waals surface area (Å²) < 4.78 is 5.55. The maximum Gasteiger partial charge on any atom is 0.268 e. The van der Waals surface area contributed by atoms with Gasteiger partial charge in [-0.15, -0.1) is 0 Å². The molecule has 7 heteroatoms. The number of halogens is 1. The van der Waals surface area contributed by atoms with Gasteiger partial charge in [0.2, 0.25) is 0 Å². The minimum atomic E-state index is -0.480. The van der Waals surface area contributed by atoms with Gasteiger partial charge >= 0.3 is 0 Å². The Hall–Kier alpha value is -3.64.